The van der Waals surface area contributed by atoms with E-state index in [-0.39, 0.29) is 5.69 Å². The molecule has 2 unspecified atom stereocenters. The fourth-order valence-corrected chi connectivity index (χ4v) is 1.32. The van der Waals surface area contributed by atoms with Crippen LogP contribution in [-0.4, -0.2) is 15.9 Å². The molecular formula is C9H11N3O2. The summed E-state index contributed by atoms with van der Waals surface area (Å²) in [5, 5.41) is 13.6. The van der Waals surface area contributed by atoms with Gasteiger partial charge < -0.3 is 5.32 Å². The van der Waals surface area contributed by atoms with Crippen molar-refractivity contribution in [1.82, 2.24) is 4.98 Å². The third-order valence-electron chi connectivity index (χ3n) is 2.40. The van der Waals surface area contributed by atoms with Crippen molar-refractivity contribution in [3.63, 3.8) is 0 Å². The predicted octanol–water partition coefficient (Wildman–Crippen LogP) is 1.81. The summed E-state index contributed by atoms with van der Waals surface area (Å²) >= 11 is 0. The zero-order valence-electron chi connectivity index (χ0n) is 7.80. The highest BCUT2D eigenvalue weighted by Crippen LogP contribution is 2.32. The van der Waals surface area contributed by atoms with Crippen molar-refractivity contribution in [3.05, 3.63) is 28.4 Å². The van der Waals surface area contributed by atoms with E-state index in [1.54, 1.807) is 0 Å². The molecule has 1 heterocycles. The van der Waals surface area contributed by atoms with Gasteiger partial charge in [-0.05, 0) is 12.3 Å². The number of nitrogens with one attached hydrogen (secondary N) is 1. The highest BCUT2D eigenvalue weighted by atomic mass is 16.6. The van der Waals surface area contributed by atoms with Crippen LogP contribution in [0, 0.1) is 16.0 Å². The lowest BCUT2D eigenvalue weighted by Crippen LogP contribution is -2.05. The lowest BCUT2D eigenvalue weighted by atomic mass is 10.4. The van der Waals surface area contributed by atoms with Crippen molar-refractivity contribution in [1.29, 1.82) is 0 Å². The molecule has 1 N–H and O–H groups in total. The second-order valence-electron chi connectivity index (χ2n) is 3.62. The second-order valence-corrected chi connectivity index (χ2v) is 3.62. The fraction of sp³-hybridized carbons (Fsp3) is 0.444. The van der Waals surface area contributed by atoms with Crippen molar-refractivity contribution >= 4 is 11.5 Å². The minimum absolute atomic E-state index is 0.0794. The Morgan fingerprint density at radius 2 is 2.43 bits per heavy atom. The molecule has 0 bridgehead atoms. The Morgan fingerprint density at radius 1 is 1.71 bits per heavy atom. The van der Waals surface area contributed by atoms with E-state index in [1.165, 1.54) is 18.3 Å². The van der Waals surface area contributed by atoms with Gasteiger partial charge in [-0.15, -0.1) is 0 Å². The first-order chi connectivity index (χ1) is 6.66. The summed E-state index contributed by atoms with van der Waals surface area (Å²) in [6, 6.07) is 3.29. The molecule has 0 saturated heterocycles. The van der Waals surface area contributed by atoms with E-state index >= 15 is 0 Å². The number of aromatic nitrogens is 1. The summed E-state index contributed by atoms with van der Waals surface area (Å²) in [7, 11) is 0. The average molecular weight is 193 g/mol. The standard InChI is InChI=1S/C9H11N3O2/c1-6-4-8(6)11-9-5-7(12(13)14)2-3-10-9/h2-3,5-6,8H,4H2,1H3,(H,10,11). The number of hydrogen-bond donors (Lipinski definition) is 1. The molecule has 74 valence electrons. The molecule has 5 heteroatoms. The zero-order valence-corrected chi connectivity index (χ0v) is 7.80. The predicted molar refractivity (Wildman–Crippen MR) is 52.1 cm³/mol. The minimum Gasteiger partial charge on any atom is -0.367 e. The molecule has 0 spiro atoms. The summed E-state index contributed by atoms with van der Waals surface area (Å²) in [6.07, 6.45) is 2.57. The number of pyridine rings is 1. The summed E-state index contributed by atoms with van der Waals surface area (Å²) in [5.41, 5.74) is 0.0794. The Labute approximate surface area is 81.3 Å². The summed E-state index contributed by atoms with van der Waals surface area (Å²) in [4.78, 5) is 14.1. The Bertz CT molecular complexity index is 367. The number of nitrogens with zero attached hydrogens (tertiary/aromatic N) is 2. The van der Waals surface area contributed by atoms with E-state index in [0.717, 1.165) is 6.42 Å². The van der Waals surface area contributed by atoms with Gasteiger partial charge >= 0.3 is 0 Å². The van der Waals surface area contributed by atoms with Gasteiger partial charge in [0.2, 0.25) is 0 Å². The Balaban J connectivity index is 2.10. The van der Waals surface area contributed by atoms with Crippen LogP contribution < -0.4 is 5.32 Å². The van der Waals surface area contributed by atoms with Gasteiger partial charge in [0, 0.05) is 18.3 Å². The number of nitro groups is 1. The molecule has 0 aromatic carbocycles. The van der Waals surface area contributed by atoms with Gasteiger partial charge in [0.25, 0.3) is 5.69 Å². The van der Waals surface area contributed by atoms with Crippen molar-refractivity contribution in [2.75, 3.05) is 5.32 Å². The van der Waals surface area contributed by atoms with E-state index in [4.69, 9.17) is 0 Å². The average Bonchev–Trinajstić information content (AvgIpc) is 2.82. The molecule has 5 nitrogen and oxygen atoms in total. The van der Waals surface area contributed by atoms with Crippen LogP contribution in [0.4, 0.5) is 11.5 Å². The van der Waals surface area contributed by atoms with Gasteiger partial charge in [0.05, 0.1) is 11.0 Å². The lowest BCUT2D eigenvalue weighted by molar-refractivity contribution is -0.384. The normalized spacial score (nSPS) is 24.4. The van der Waals surface area contributed by atoms with Crippen LogP contribution in [0.5, 0.6) is 0 Å². The maximum absolute atomic E-state index is 10.5. The number of hydrogen-bond acceptors (Lipinski definition) is 4. The van der Waals surface area contributed by atoms with Gasteiger partial charge in [-0.3, -0.25) is 10.1 Å². The van der Waals surface area contributed by atoms with Crippen LogP contribution in [0.1, 0.15) is 13.3 Å². The minimum atomic E-state index is -0.414. The first-order valence-corrected chi connectivity index (χ1v) is 4.54. The summed E-state index contributed by atoms with van der Waals surface area (Å²) in [5.74, 6) is 1.24. The molecule has 2 rings (SSSR count). The maximum Gasteiger partial charge on any atom is 0.274 e. The monoisotopic (exact) mass is 193 g/mol. The van der Waals surface area contributed by atoms with Gasteiger partial charge in [0.1, 0.15) is 5.82 Å². The molecule has 1 aromatic rings. The molecule has 0 amide bonds. The Hall–Kier alpha value is -1.65. The topological polar surface area (TPSA) is 68.1 Å². The van der Waals surface area contributed by atoms with Gasteiger partial charge in [-0.25, -0.2) is 4.98 Å². The largest absolute Gasteiger partial charge is 0.367 e. The van der Waals surface area contributed by atoms with Crippen LogP contribution >= 0.6 is 0 Å². The molecular weight excluding hydrogens is 182 g/mol. The molecule has 0 radical (unpaired) electrons. The van der Waals surface area contributed by atoms with Crippen molar-refractivity contribution < 1.29 is 4.92 Å². The Kier molecular flexibility index (Phi) is 2.07. The second kappa shape index (κ2) is 3.25. The van der Waals surface area contributed by atoms with Gasteiger partial charge in [-0.2, -0.15) is 0 Å². The first kappa shape index (κ1) is 8.93. The fourth-order valence-electron chi connectivity index (χ4n) is 1.32. The van der Waals surface area contributed by atoms with Gasteiger partial charge in [-0.1, -0.05) is 6.92 Å². The van der Waals surface area contributed by atoms with E-state index < -0.39 is 4.92 Å². The number of anilines is 1. The first-order valence-electron chi connectivity index (χ1n) is 4.54. The van der Waals surface area contributed by atoms with E-state index in [9.17, 15) is 10.1 Å². The maximum atomic E-state index is 10.5. The summed E-state index contributed by atoms with van der Waals surface area (Å²) < 4.78 is 0. The van der Waals surface area contributed by atoms with E-state index in [1.807, 2.05) is 0 Å². The van der Waals surface area contributed by atoms with Gasteiger partial charge in [0.15, 0.2) is 0 Å². The molecule has 1 fully saturated rings. The summed E-state index contributed by atoms with van der Waals surface area (Å²) in [6.45, 7) is 2.13. The van der Waals surface area contributed by atoms with Crippen molar-refractivity contribution in [2.45, 2.75) is 19.4 Å². The zero-order chi connectivity index (χ0) is 10.1. The molecule has 1 aliphatic carbocycles. The van der Waals surface area contributed by atoms with Crippen LogP contribution in [0.15, 0.2) is 18.3 Å². The molecule has 2 atom stereocenters. The van der Waals surface area contributed by atoms with Crippen molar-refractivity contribution in [2.24, 2.45) is 5.92 Å². The number of rotatable bonds is 3. The third kappa shape index (κ3) is 1.81. The molecule has 0 aliphatic heterocycles. The van der Waals surface area contributed by atoms with Crippen LogP contribution in [0.3, 0.4) is 0 Å². The smallest absolute Gasteiger partial charge is 0.274 e. The highest BCUT2D eigenvalue weighted by molar-refractivity contribution is 5.45. The van der Waals surface area contributed by atoms with Crippen LogP contribution in [0.25, 0.3) is 0 Å². The molecule has 14 heavy (non-hydrogen) atoms. The van der Waals surface area contributed by atoms with E-state index in [2.05, 4.69) is 17.2 Å². The third-order valence-corrected chi connectivity index (χ3v) is 2.40. The quantitative estimate of drug-likeness (QED) is 0.587. The molecule has 1 aliphatic rings. The Morgan fingerprint density at radius 3 is 3.00 bits per heavy atom. The van der Waals surface area contributed by atoms with Crippen molar-refractivity contribution in [3.8, 4) is 0 Å². The van der Waals surface area contributed by atoms with Crippen LogP contribution in [-0.2, 0) is 0 Å². The SMILES string of the molecule is CC1CC1Nc1cc([N+](=O)[O-])ccn1. The highest BCUT2D eigenvalue weighted by Gasteiger charge is 2.32. The molecule has 1 saturated carbocycles. The molecule has 1 aromatic heterocycles. The lowest BCUT2D eigenvalue weighted by Gasteiger charge is -2.02. The van der Waals surface area contributed by atoms with E-state index in [0.29, 0.717) is 17.8 Å². The van der Waals surface area contributed by atoms with Crippen LogP contribution in [0.2, 0.25) is 0 Å².